The summed E-state index contributed by atoms with van der Waals surface area (Å²) in [7, 11) is 0. The van der Waals surface area contributed by atoms with Crippen LogP contribution >= 0.6 is 0 Å². The molecule has 0 N–H and O–H groups in total. The molecule has 6 aromatic carbocycles. The summed E-state index contributed by atoms with van der Waals surface area (Å²) < 4.78 is 27.3. The fourth-order valence-electron chi connectivity index (χ4n) is 12.1. The quantitative estimate of drug-likeness (QED) is 0.164. The van der Waals surface area contributed by atoms with Crippen LogP contribution in [-0.2, 0) is 27.1 Å². The van der Waals surface area contributed by atoms with Crippen LogP contribution in [0.15, 0.2) is 103 Å². The highest BCUT2D eigenvalue weighted by molar-refractivity contribution is 7.00. The maximum absolute atomic E-state index is 9.10. The van der Waals surface area contributed by atoms with E-state index in [-0.39, 0.29) is 33.8 Å². The molecule has 0 saturated carbocycles. The molecule has 0 amide bonds. The average Bonchev–Trinajstić information content (AvgIpc) is 3.40. The standard InChI is InChI=1S/C58H65BN2/c1-35-26-51-53-52(27-35)61(48-32-43-41(29-37(48)3)55(7,8)24-25-56(43,9)10)50-33-44-42(57(11,12)34-58(44,13)14)31-46(50)59(53)45-22-21-40(54(4,5)6)30-49(45)60(51)47-23-20-39(28-36(47)2)38-18-16-15-17-19-38/h15-23,26-33H,24-25,34H2,1-14H3/i1D3. The third kappa shape index (κ3) is 6.03. The van der Waals surface area contributed by atoms with Crippen molar-refractivity contribution in [2.24, 2.45) is 0 Å². The van der Waals surface area contributed by atoms with Crippen LogP contribution in [-0.4, -0.2) is 6.71 Å². The molecule has 0 spiro atoms. The fraction of sp³-hybridized carbons (Fsp3) is 0.379. The number of aryl methyl sites for hydroxylation is 3. The summed E-state index contributed by atoms with van der Waals surface area (Å²) in [6, 6.07) is 38.5. The lowest BCUT2D eigenvalue weighted by atomic mass is 9.33. The topological polar surface area (TPSA) is 6.48 Å². The highest BCUT2D eigenvalue weighted by Crippen LogP contribution is 2.55. The van der Waals surface area contributed by atoms with Crippen molar-refractivity contribution in [3.8, 4) is 11.1 Å². The number of fused-ring (bicyclic) bond motifs is 6. The van der Waals surface area contributed by atoms with E-state index in [4.69, 9.17) is 4.11 Å². The Morgan fingerprint density at radius 3 is 1.69 bits per heavy atom. The zero-order valence-electron chi connectivity index (χ0n) is 41.9. The van der Waals surface area contributed by atoms with Crippen molar-refractivity contribution in [2.45, 2.75) is 143 Å². The van der Waals surface area contributed by atoms with E-state index in [1.165, 1.54) is 49.9 Å². The van der Waals surface area contributed by atoms with E-state index >= 15 is 0 Å². The van der Waals surface area contributed by atoms with Gasteiger partial charge in [-0.3, -0.25) is 0 Å². The van der Waals surface area contributed by atoms with Gasteiger partial charge in [0.25, 0.3) is 6.71 Å². The molecule has 0 saturated heterocycles. The third-order valence-electron chi connectivity index (χ3n) is 15.4. The molecule has 0 unspecified atom stereocenters. The maximum Gasteiger partial charge on any atom is 0.252 e. The highest BCUT2D eigenvalue weighted by atomic mass is 15.2. The Morgan fingerprint density at radius 2 is 1.07 bits per heavy atom. The van der Waals surface area contributed by atoms with Crippen molar-refractivity contribution in [3.05, 3.63) is 148 Å². The van der Waals surface area contributed by atoms with Gasteiger partial charge in [0.05, 0.1) is 0 Å². The second-order valence-corrected chi connectivity index (χ2v) is 22.8. The van der Waals surface area contributed by atoms with Crippen molar-refractivity contribution in [1.29, 1.82) is 0 Å². The molecule has 10 rings (SSSR count). The number of rotatable bonds is 3. The molecule has 0 atom stereocenters. The molecule has 0 bridgehead atoms. The SMILES string of the molecule is [2H]C([2H])([2H])c1cc2c3c(c1)N(c1cc4c(cc1C)C(C)(C)CCC4(C)C)c1cc4c(cc1B3c1ccc(C(C)(C)C)cc1N2c1ccc(-c2ccccc2)cc1C)C(C)(C)CC4(C)C. The van der Waals surface area contributed by atoms with Crippen LogP contribution in [0.2, 0.25) is 0 Å². The molecule has 0 aromatic heterocycles. The first-order valence-corrected chi connectivity index (χ1v) is 22.7. The molecule has 61 heavy (non-hydrogen) atoms. The largest absolute Gasteiger partial charge is 0.311 e. The van der Waals surface area contributed by atoms with E-state index < -0.39 is 6.85 Å². The van der Waals surface area contributed by atoms with Crippen LogP contribution in [0.5, 0.6) is 0 Å². The molecule has 0 radical (unpaired) electrons. The van der Waals surface area contributed by atoms with E-state index in [2.05, 4.69) is 191 Å². The average molecular weight is 804 g/mol. The smallest absolute Gasteiger partial charge is 0.252 e. The second-order valence-electron chi connectivity index (χ2n) is 22.8. The van der Waals surface area contributed by atoms with Gasteiger partial charge in [-0.2, -0.15) is 0 Å². The Bertz CT molecular complexity index is 2930. The van der Waals surface area contributed by atoms with Crippen LogP contribution in [0, 0.1) is 20.7 Å². The molecule has 0 fully saturated rings. The number of benzene rings is 6. The van der Waals surface area contributed by atoms with Crippen LogP contribution in [0.4, 0.5) is 34.1 Å². The second kappa shape index (κ2) is 13.0. The molecule has 2 heterocycles. The lowest BCUT2D eigenvalue weighted by molar-refractivity contribution is 0.332. The molecule has 2 aliphatic carbocycles. The Kier molecular flexibility index (Phi) is 7.81. The Morgan fingerprint density at radius 1 is 0.508 bits per heavy atom. The monoisotopic (exact) mass is 804 g/mol. The van der Waals surface area contributed by atoms with Crippen LogP contribution < -0.4 is 26.2 Å². The minimum Gasteiger partial charge on any atom is -0.311 e. The zero-order valence-corrected chi connectivity index (χ0v) is 38.9. The molecule has 2 nitrogen and oxygen atoms in total. The van der Waals surface area contributed by atoms with Gasteiger partial charge in [-0.1, -0.05) is 137 Å². The molecular formula is C58H65BN2. The van der Waals surface area contributed by atoms with Crippen molar-refractivity contribution in [3.63, 3.8) is 0 Å². The Hall–Kier alpha value is -5.02. The molecule has 310 valence electrons. The summed E-state index contributed by atoms with van der Waals surface area (Å²) in [5, 5.41) is 0. The summed E-state index contributed by atoms with van der Waals surface area (Å²) in [4.78, 5) is 4.90. The summed E-state index contributed by atoms with van der Waals surface area (Å²) in [6.07, 6.45) is 3.31. The maximum atomic E-state index is 9.10. The summed E-state index contributed by atoms with van der Waals surface area (Å²) >= 11 is 0. The van der Waals surface area contributed by atoms with Gasteiger partial charge in [0.1, 0.15) is 0 Å². The lowest BCUT2D eigenvalue weighted by Crippen LogP contribution is -2.61. The highest BCUT2D eigenvalue weighted by Gasteiger charge is 2.49. The first kappa shape index (κ1) is 36.6. The van der Waals surface area contributed by atoms with Gasteiger partial charge in [0.2, 0.25) is 0 Å². The van der Waals surface area contributed by atoms with E-state index in [0.29, 0.717) is 5.56 Å². The molecule has 2 aliphatic heterocycles. The molecular weight excluding hydrogens is 735 g/mol. The van der Waals surface area contributed by atoms with E-state index in [0.717, 1.165) is 70.0 Å². The van der Waals surface area contributed by atoms with Crippen molar-refractivity contribution < 1.29 is 4.11 Å². The number of hydrogen-bond acceptors (Lipinski definition) is 2. The predicted octanol–water partition coefficient (Wildman–Crippen LogP) is 14.0. The van der Waals surface area contributed by atoms with Gasteiger partial charge < -0.3 is 9.80 Å². The first-order chi connectivity index (χ1) is 29.8. The minimum absolute atomic E-state index is 0.0116. The van der Waals surface area contributed by atoms with Crippen molar-refractivity contribution in [1.82, 2.24) is 0 Å². The minimum atomic E-state index is -2.35. The van der Waals surface area contributed by atoms with Gasteiger partial charge in [0.15, 0.2) is 0 Å². The summed E-state index contributed by atoms with van der Waals surface area (Å²) in [5.41, 5.74) is 21.9. The predicted molar refractivity (Wildman–Crippen MR) is 265 cm³/mol. The van der Waals surface area contributed by atoms with E-state index in [1.54, 1.807) is 0 Å². The molecule has 6 aromatic rings. The normalized spacial score (nSPS) is 19.5. The van der Waals surface area contributed by atoms with Gasteiger partial charge >= 0.3 is 0 Å². The summed E-state index contributed by atoms with van der Waals surface area (Å²) in [5.74, 6) is 0. The first-order valence-electron chi connectivity index (χ1n) is 24.2. The van der Waals surface area contributed by atoms with E-state index in [9.17, 15) is 0 Å². The van der Waals surface area contributed by atoms with Gasteiger partial charge in [-0.05, 0) is 182 Å². The molecule has 3 heteroatoms. The van der Waals surface area contributed by atoms with Gasteiger partial charge in [0, 0.05) is 38.2 Å². The van der Waals surface area contributed by atoms with Gasteiger partial charge in [-0.25, -0.2) is 0 Å². The Labute approximate surface area is 371 Å². The molecule has 4 aliphatic rings. The van der Waals surface area contributed by atoms with Crippen molar-refractivity contribution >= 4 is 57.2 Å². The van der Waals surface area contributed by atoms with Crippen LogP contribution in [0.3, 0.4) is 0 Å². The fourth-order valence-corrected chi connectivity index (χ4v) is 12.1. The number of anilines is 6. The zero-order chi connectivity index (χ0) is 45.8. The van der Waals surface area contributed by atoms with E-state index in [1.807, 2.05) is 12.1 Å². The number of hydrogen-bond donors (Lipinski definition) is 0. The lowest BCUT2D eigenvalue weighted by Gasteiger charge is -2.47. The van der Waals surface area contributed by atoms with Crippen LogP contribution in [0.1, 0.15) is 144 Å². The third-order valence-corrected chi connectivity index (χ3v) is 15.4. The Balaban J connectivity index is 1.34. The summed E-state index contributed by atoms with van der Waals surface area (Å²) in [6.45, 7) is 28.1. The van der Waals surface area contributed by atoms with Crippen molar-refractivity contribution in [2.75, 3.05) is 9.80 Å². The van der Waals surface area contributed by atoms with Crippen LogP contribution in [0.25, 0.3) is 11.1 Å². The number of nitrogens with zero attached hydrogens (tertiary/aromatic N) is 2. The van der Waals surface area contributed by atoms with Gasteiger partial charge in [-0.15, -0.1) is 0 Å².